The maximum Gasteiger partial charge on any atom is 0.242 e. The molecule has 1 aliphatic heterocycles. The summed E-state index contributed by atoms with van der Waals surface area (Å²) in [5.41, 5.74) is 2.11. The first kappa shape index (κ1) is 24.0. The van der Waals surface area contributed by atoms with Crippen molar-refractivity contribution in [2.24, 2.45) is 11.8 Å². The van der Waals surface area contributed by atoms with E-state index in [2.05, 4.69) is 26.0 Å². The summed E-state index contributed by atoms with van der Waals surface area (Å²) in [5.74, 6) is 2.44. The van der Waals surface area contributed by atoms with E-state index in [1.165, 1.54) is 5.56 Å². The number of hydrogen-bond acceptors (Lipinski definition) is 5. The molecule has 2 unspecified atom stereocenters. The van der Waals surface area contributed by atoms with Crippen molar-refractivity contribution in [3.8, 4) is 11.5 Å². The van der Waals surface area contributed by atoms with Gasteiger partial charge in [0.1, 0.15) is 5.76 Å². The van der Waals surface area contributed by atoms with Crippen LogP contribution >= 0.6 is 0 Å². The number of ether oxygens (including phenoxy) is 2. The minimum Gasteiger partial charge on any atom is -0.467 e. The van der Waals surface area contributed by atoms with E-state index >= 15 is 0 Å². The number of furan rings is 1. The first-order valence-electron chi connectivity index (χ1n) is 12.5. The van der Waals surface area contributed by atoms with Gasteiger partial charge in [0.15, 0.2) is 11.5 Å². The van der Waals surface area contributed by atoms with Gasteiger partial charge in [-0.3, -0.25) is 9.59 Å². The van der Waals surface area contributed by atoms with E-state index in [9.17, 15) is 9.59 Å². The lowest BCUT2D eigenvalue weighted by Gasteiger charge is -2.29. The lowest BCUT2D eigenvalue weighted by atomic mass is 10.1. The van der Waals surface area contributed by atoms with Gasteiger partial charge in [-0.2, -0.15) is 0 Å². The third-order valence-corrected chi connectivity index (χ3v) is 6.65. The van der Waals surface area contributed by atoms with Crippen LogP contribution in [0, 0.1) is 11.8 Å². The van der Waals surface area contributed by atoms with E-state index < -0.39 is 0 Å². The van der Waals surface area contributed by atoms with Crippen LogP contribution in [0.25, 0.3) is 0 Å². The Bertz CT molecular complexity index is 1190. The van der Waals surface area contributed by atoms with Crippen LogP contribution in [0.15, 0.2) is 71.3 Å². The van der Waals surface area contributed by atoms with Gasteiger partial charge >= 0.3 is 0 Å². The molecule has 0 saturated heterocycles. The summed E-state index contributed by atoms with van der Waals surface area (Å²) in [6.07, 6.45) is 2.43. The second-order valence-corrected chi connectivity index (χ2v) is 9.99. The predicted octanol–water partition coefficient (Wildman–Crippen LogP) is 4.83. The van der Waals surface area contributed by atoms with Crippen molar-refractivity contribution in [2.75, 3.05) is 19.9 Å². The van der Waals surface area contributed by atoms with Crippen LogP contribution in [0.4, 0.5) is 0 Å². The van der Waals surface area contributed by atoms with E-state index in [0.717, 1.165) is 12.0 Å². The van der Waals surface area contributed by atoms with E-state index in [1.807, 2.05) is 48.5 Å². The molecule has 188 valence electrons. The quantitative estimate of drug-likeness (QED) is 0.409. The Morgan fingerprint density at radius 3 is 2.50 bits per heavy atom. The summed E-state index contributed by atoms with van der Waals surface area (Å²) in [6, 6.07) is 19.5. The Morgan fingerprint density at radius 1 is 0.944 bits per heavy atom. The van der Waals surface area contributed by atoms with E-state index in [-0.39, 0.29) is 42.9 Å². The number of carbonyl (C=O) groups is 2. The predicted molar refractivity (Wildman–Crippen MR) is 134 cm³/mol. The molecule has 0 bridgehead atoms. The van der Waals surface area contributed by atoms with Crippen molar-refractivity contribution < 1.29 is 23.5 Å². The maximum atomic E-state index is 13.6. The highest BCUT2D eigenvalue weighted by Gasteiger charge is 2.46. The Morgan fingerprint density at radius 2 is 1.75 bits per heavy atom. The molecule has 7 nitrogen and oxygen atoms in total. The lowest BCUT2D eigenvalue weighted by Crippen LogP contribution is -2.44. The summed E-state index contributed by atoms with van der Waals surface area (Å²) >= 11 is 0. The number of fused-ring (bicyclic) bond motifs is 1. The number of carbonyl (C=O) groups excluding carboxylic acids is 2. The maximum absolute atomic E-state index is 13.6. The van der Waals surface area contributed by atoms with Gasteiger partial charge in [0.25, 0.3) is 0 Å². The van der Waals surface area contributed by atoms with Crippen molar-refractivity contribution in [1.29, 1.82) is 0 Å². The first-order chi connectivity index (χ1) is 17.5. The molecule has 1 aliphatic carbocycles. The molecule has 1 fully saturated rings. The molecule has 2 aliphatic rings. The van der Waals surface area contributed by atoms with E-state index in [0.29, 0.717) is 36.9 Å². The fraction of sp³-hybridized carbons (Fsp3) is 0.379. The number of amides is 2. The molecule has 3 aromatic rings. The fourth-order valence-electron chi connectivity index (χ4n) is 4.79. The van der Waals surface area contributed by atoms with Crippen molar-refractivity contribution >= 4 is 11.8 Å². The van der Waals surface area contributed by atoms with Crippen LogP contribution in [0.3, 0.4) is 0 Å². The Balaban J connectivity index is 1.31. The van der Waals surface area contributed by atoms with Crippen LogP contribution in [-0.4, -0.2) is 41.5 Å². The molecule has 2 heterocycles. The van der Waals surface area contributed by atoms with Gasteiger partial charge in [0, 0.05) is 19.0 Å². The van der Waals surface area contributed by atoms with Crippen LogP contribution in [0.2, 0.25) is 0 Å². The molecule has 2 amide bonds. The molecule has 0 N–H and O–H groups in total. The van der Waals surface area contributed by atoms with E-state index in [4.69, 9.17) is 13.9 Å². The molecule has 2 aromatic carbocycles. The summed E-state index contributed by atoms with van der Waals surface area (Å²) < 4.78 is 16.5. The zero-order chi connectivity index (χ0) is 25.1. The molecular formula is C29H32N2O5. The normalized spacial score (nSPS) is 17.8. The second kappa shape index (κ2) is 10.5. The van der Waals surface area contributed by atoms with Crippen LogP contribution < -0.4 is 9.47 Å². The van der Waals surface area contributed by atoms with Gasteiger partial charge < -0.3 is 23.7 Å². The highest BCUT2D eigenvalue weighted by molar-refractivity contribution is 5.88. The summed E-state index contributed by atoms with van der Waals surface area (Å²) in [4.78, 5) is 30.6. The monoisotopic (exact) mass is 488 g/mol. The third-order valence-electron chi connectivity index (χ3n) is 6.65. The molecule has 0 radical (unpaired) electrons. The molecule has 1 aromatic heterocycles. The Kier molecular flexibility index (Phi) is 6.98. The first-order valence-corrected chi connectivity index (χ1v) is 12.5. The van der Waals surface area contributed by atoms with Gasteiger partial charge in [-0.15, -0.1) is 0 Å². The Hall–Kier alpha value is -3.74. The number of hydrogen-bond donors (Lipinski definition) is 0. The zero-order valence-electron chi connectivity index (χ0n) is 20.8. The van der Waals surface area contributed by atoms with Crippen molar-refractivity contribution in [2.45, 2.75) is 39.3 Å². The SMILES string of the molecule is CC(C)CN(CC(=O)N(Cc1ccc2c(c1)OCO2)Cc1ccco1)C(=O)C1CC1c1ccccc1. The molecule has 7 heteroatoms. The molecule has 36 heavy (non-hydrogen) atoms. The van der Waals surface area contributed by atoms with Gasteiger partial charge in [0.2, 0.25) is 18.6 Å². The highest BCUT2D eigenvalue weighted by Crippen LogP contribution is 2.48. The van der Waals surface area contributed by atoms with Gasteiger partial charge in [-0.1, -0.05) is 50.2 Å². The summed E-state index contributed by atoms with van der Waals surface area (Å²) in [7, 11) is 0. The largest absolute Gasteiger partial charge is 0.467 e. The van der Waals surface area contributed by atoms with Crippen LogP contribution in [-0.2, 0) is 22.7 Å². The van der Waals surface area contributed by atoms with Gasteiger partial charge in [-0.05, 0) is 53.6 Å². The molecule has 2 atom stereocenters. The van der Waals surface area contributed by atoms with E-state index in [1.54, 1.807) is 16.1 Å². The minimum atomic E-state index is -0.116. The highest BCUT2D eigenvalue weighted by atomic mass is 16.7. The fourth-order valence-corrected chi connectivity index (χ4v) is 4.79. The topological polar surface area (TPSA) is 72.2 Å². The van der Waals surface area contributed by atoms with Gasteiger partial charge in [-0.25, -0.2) is 0 Å². The molecular weight excluding hydrogens is 456 g/mol. The van der Waals surface area contributed by atoms with Crippen LogP contribution in [0.5, 0.6) is 11.5 Å². The number of rotatable bonds is 10. The number of nitrogens with zero attached hydrogens (tertiary/aromatic N) is 2. The lowest BCUT2D eigenvalue weighted by molar-refractivity contribution is -0.142. The minimum absolute atomic E-state index is 0.0419. The molecule has 5 rings (SSSR count). The zero-order valence-corrected chi connectivity index (χ0v) is 20.8. The molecule has 0 spiro atoms. The third kappa shape index (κ3) is 5.56. The van der Waals surface area contributed by atoms with Crippen molar-refractivity contribution in [1.82, 2.24) is 9.80 Å². The van der Waals surface area contributed by atoms with Crippen molar-refractivity contribution in [3.63, 3.8) is 0 Å². The summed E-state index contributed by atoms with van der Waals surface area (Å²) in [6.45, 7) is 5.61. The average Bonchev–Trinajstić information content (AvgIpc) is 3.24. The van der Waals surface area contributed by atoms with Gasteiger partial charge in [0.05, 0.1) is 19.4 Å². The average molecular weight is 489 g/mol. The second-order valence-electron chi connectivity index (χ2n) is 9.99. The Labute approximate surface area is 211 Å². The number of benzene rings is 2. The standard InChI is InChI=1S/C29H32N2O5/c1-20(2)15-31(29(33)25-14-24(25)22-7-4-3-5-8-22)18-28(32)30(17-23-9-6-12-34-23)16-21-10-11-26-27(13-21)36-19-35-26/h3-13,20,24-25H,14-19H2,1-2H3. The van der Waals surface area contributed by atoms with Crippen LogP contribution in [0.1, 0.15) is 43.1 Å². The smallest absolute Gasteiger partial charge is 0.242 e. The molecule has 1 saturated carbocycles. The van der Waals surface area contributed by atoms with Crippen molar-refractivity contribution in [3.05, 3.63) is 83.8 Å². The summed E-state index contributed by atoms with van der Waals surface area (Å²) in [5, 5.41) is 0.